The summed E-state index contributed by atoms with van der Waals surface area (Å²) in [5, 5.41) is 0. The maximum atomic E-state index is 3.98. The Hall–Kier alpha value is -1.24. The molecule has 0 aliphatic carbocycles. The van der Waals surface area contributed by atoms with Crippen LogP contribution >= 0.6 is 0 Å². The van der Waals surface area contributed by atoms with Crippen LogP contribution in [0.15, 0.2) is 36.5 Å². The molecule has 0 atom stereocenters. The topological polar surface area (TPSA) is 3.24 Å². The standard InChI is InChI=1S/C10H11N.2C2H6/c1-8-7-9-5-3-4-6-10(9)11(8)2;2*1-2/h3-6H,1,7H2,2H3;2*1-2H3. The Morgan fingerprint density at radius 3 is 2.13 bits per heavy atom. The van der Waals surface area contributed by atoms with E-state index >= 15 is 0 Å². The van der Waals surface area contributed by atoms with Crippen molar-refractivity contribution >= 4 is 5.69 Å². The fraction of sp³-hybridized carbons (Fsp3) is 0.429. The largest absolute Gasteiger partial charge is 0.348 e. The second-order valence-corrected chi connectivity index (χ2v) is 2.93. The van der Waals surface area contributed by atoms with E-state index in [2.05, 4.69) is 42.8 Å². The SMILES string of the molecule is C=C1Cc2ccccc2N1C.CC.CC. The molecule has 1 heteroatoms. The van der Waals surface area contributed by atoms with Gasteiger partial charge in [-0.15, -0.1) is 0 Å². The molecule has 2 rings (SSSR count). The van der Waals surface area contributed by atoms with E-state index in [0.29, 0.717) is 0 Å². The lowest BCUT2D eigenvalue weighted by atomic mass is 10.2. The van der Waals surface area contributed by atoms with Crippen LogP contribution < -0.4 is 4.90 Å². The quantitative estimate of drug-likeness (QED) is 0.612. The monoisotopic (exact) mass is 205 g/mol. The van der Waals surface area contributed by atoms with Gasteiger partial charge in [-0.3, -0.25) is 0 Å². The van der Waals surface area contributed by atoms with Gasteiger partial charge in [-0.25, -0.2) is 0 Å². The van der Waals surface area contributed by atoms with Crippen molar-refractivity contribution in [3.63, 3.8) is 0 Å². The zero-order chi connectivity index (χ0) is 11.8. The van der Waals surface area contributed by atoms with Gasteiger partial charge in [0.1, 0.15) is 0 Å². The fourth-order valence-electron chi connectivity index (χ4n) is 1.50. The molecule has 0 N–H and O–H groups in total. The summed E-state index contributed by atoms with van der Waals surface area (Å²) in [4.78, 5) is 2.15. The van der Waals surface area contributed by atoms with Crippen LogP contribution in [0.2, 0.25) is 0 Å². The van der Waals surface area contributed by atoms with Gasteiger partial charge in [-0.05, 0) is 11.6 Å². The minimum absolute atomic E-state index is 1.01. The molecule has 1 aliphatic heterocycles. The summed E-state index contributed by atoms with van der Waals surface area (Å²) in [6.45, 7) is 12.0. The van der Waals surface area contributed by atoms with Crippen molar-refractivity contribution in [2.45, 2.75) is 34.1 Å². The van der Waals surface area contributed by atoms with Crippen LogP contribution in [0.3, 0.4) is 0 Å². The Balaban J connectivity index is 0.000000442. The Kier molecular flexibility index (Phi) is 6.52. The number of para-hydroxylation sites is 1. The lowest BCUT2D eigenvalue weighted by Gasteiger charge is -2.12. The first-order valence-corrected chi connectivity index (χ1v) is 5.78. The van der Waals surface area contributed by atoms with Crippen molar-refractivity contribution in [1.29, 1.82) is 0 Å². The molecule has 84 valence electrons. The molecule has 0 saturated heterocycles. The normalized spacial score (nSPS) is 12.1. The van der Waals surface area contributed by atoms with Crippen LogP contribution in [0.5, 0.6) is 0 Å². The minimum atomic E-state index is 1.01. The van der Waals surface area contributed by atoms with Crippen LogP contribution in [-0.4, -0.2) is 7.05 Å². The fourth-order valence-corrected chi connectivity index (χ4v) is 1.50. The van der Waals surface area contributed by atoms with Crippen LogP contribution in [0.25, 0.3) is 0 Å². The maximum absolute atomic E-state index is 3.98. The van der Waals surface area contributed by atoms with E-state index < -0.39 is 0 Å². The highest BCUT2D eigenvalue weighted by atomic mass is 15.1. The van der Waals surface area contributed by atoms with E-state index in [4.69, 9.17) is 0 Å². The predicted molar refractivity (Wildman–Crippen MR) is 70.4 cm³/mol. The van der Waals surface area contributed by atoms with Crippen LogP contribution in [0.4, 0.5) is 5.69 Å². The van der Waals surface area contributed by atoms with Crippen LogP contribution in [0, 0.1) is 0 Å². The average Bonchev–Trinajstić information content (AvgIpc) is 2.61. The molecule has 0 fully saturated rings. The van der Waals surface area contributed by atoms with Gasteiger partial charge in [0, 0.05) is 24.9 Å². The number of fused-ring (bicyclic) bond motifs is 1. The molecular formula is C14H23N. The lowest BCUT2D eigenvalue weighted by Crippen LogP contribution is -2.09. The first-order chi connectivity index (χ1) is 7.29. The second-order valence-electron chi connectivity index (χ2n) is 2.93. The number of hydrogen-bond acceptors (Lipinski definition) is 1. The zero-order valence-corrected chi connectivity index (χ0v) is 10.7. The van der Waals surface area contributed by atoms with Crippen LogP contribution in [0.1, 0.15) is 33.3 Å². The third kappa shape index (κ3) is 3.12. The molecule has 0 amide bonds. The Morgan fingerprint density at radius 1 is 1.07 bits per heavy atom. The molecule has 0 spiro atoms. The smallest absolute Gasteiger partial charge is 0.0442 e. The molecule has 0 saturated carbocycles. The molecule has 1 aliphatic rings. The summed E-state index contributed by atoms with van der Waals surface area (Å²) >= 11 is 0. The molecule has 15 heavy (non-hydrogen) atoms. The number of rotatable bonds is 0. The second kappa shape index (κ2) is 7.10. The zero-order valence-electron chi connectivity index (χ0n) is 10.7. The molecule has 0 radical (unpaired) electrons. The number of anilines is 1. The van der Waals surface area contributed by atoms with Crippen molar-refractivity contribution < 1.29 is 0 Å². The summed E-state index contributed by atoms with van der Waals surface area (Å²) < 4.78 is 0. The van der Waals surface area contributed by atoms with E-state index in [1.165, 1.54) is 16.9 Å². The molecule has 1 aromatic rings. The molecular weight excluding hydrogens is 182 g/mol. The molecule has 0 aromatic heterocycles. The number of likely N-dealkylation sites (N-methyl/N-ethyl adjacent to an activating group) is 1. The number of nitrogens with zero attached hydrogens (tertiary/aromatic N) is 1. The molecule has 0 bridgehead atoms. The number of allylic oxidation sites excluding steroid dienone is 1. The minimum Gasteiger partial charge on any atom is -0.348 e. The Morgan fingerprint density at radius 2 is 1.60 bits per heavy atom. The first kappa shape index (κ1) is 13.8. The molecule has 1 aromatic carbocycles. The number of benzene rings is 1. The Bertz CT molecular complexity index is 302. The number of hydrogen-bond donors (Lipinski definition) is 0. The van der Waals surface area contributed by atoms with Gasteiger partial charge in [0.05, 0.1) is 0 Å². The average molecular weight is 205 g/mol. The van der Waals surface area contributed by atoms with Gasteiger partial charge in [0.15, 0.2) is 0 Å². The van der Waals surface area contributed by atoms with E-state index in [1.54, 1.807) is 0 Å². The van der Waals surface area contributed by atoms with E-state index in [9.17, 15) is 0 Å². The van der Waals surface area contributed by atoms with Gasteiger partial charge in [0.25, 0.3) is 0 Å². The van der Waals surface area contributed by atoms with E-state index in [-0.39, 0.29) is 0 Å². The van der Waals surface area contributed by atoms with Gasteiger partial charge < -0.3 is 4.90 Å². The molecule has 0 unspecified atom stereocenters. The van der Waals surface area contributed by atoms with Crippen molar-refractivity contribution in [2.75, 3.05) is 11.9 Å². The summed E-state index contributed by atoms with van der Waals surface area (Å²) in [7, 11) is 2.06. The third-order valence-electron chi connectivity index (χ3n) is 2.22. The van der Waals surface area contributed by atoms with Gasteiger partial charge >= 0.3 is 0 Å². The highest BCUT2D eigenvalue weighted by molar-refractivity contribution is 5.63. The van der Waals surface area contributed by atoms with Gasteiger partial charge in [-0.2, -0.15) is 0 Å². The van der Waals surface area contributed by atoms with Crippen molar-refractivity contribution in [3.05, 3.63) is 42.1 Å². The van der Waals surface area contributed by atoms with E-state index in [1.807, 2.05) is 27.7 Å². The summed E-state index contributed by atoms with van der Waals surface area (Å²) in [5.74, 6) is 0. The predicted octanol–water partition coefficient (Wildman–Crippen LogP) is 4.25. The third-order valence-corrected chi connectivity index (χ3v) is 2.22. The maximum Gasteiger partial charge on any atom is 0.0442 e. The van der Waals surface area contributed by atoms with Crippen molar-refractivity contribution in [1.82, 2.24) is 0 Å². The van der Waals surface area contributed by atoms with Crippen molar-refractivity contribution in [2.24, 2.45) is 0 Å². The Labute approximate surface area is 94.4 Å². The van der Waals surface area contributed by atoms with Crippen molar-refractivity contribution in [3.8, 4) is 0 Å². The highest BCUT2D eigenvalue weighted by Crippen LogP contribution is 2.31. The summed E-state index contributed by atoms with van der Waals surface area (Å²) in [5.41, 5.74) is 3.88. The summed E-state index contributed by atoms with van der Waals surface area (Å²) in [6, 6.07) is 8.43. The molecule has 1 heterocycles. The first-order valence-electron chi connectivity index (χ1n) is 5.78. The van der Waals surface area contributed by atoms with Crippen LogP contribution in [-0.2, 0) is 6.42 Å². The van der Waals surface area contributed by atoms with Gasteiger partial charge in [-0.1, -0.05) is 52.5 Å². The summed E-state index contributed by atoms with van der Waals surface area (Å²) in [6.07, 6.45) is 1.01. The molecule has 1 nitrogen and oxygen atoms in total. The lowest BCUT2D eigenvalue weighted by molar-refractivity contribution is 1.11. The van der Waals surface area contributed by atoms with E-state index in [0.717, 1.165) is 6.42 Å². The van der Waals surface area contributed by atoms with Gasteiger partial charge in [0.2, 0.25) is 0 Å². The highest BCUT2D eigenvalue weighted by Gasteiger charge is 2.17.